The van der Waals surface area contributed by atoms with E-state index in [2.05, 4.69) is 51.0 Å². The van der Waals surface area contributed by atoms with E-state index < -0.39 is 5.54 Å². The average molecular weight is 279 g/mol. The molecule has 0 radical (unpaired) electrons. The first-order valence-corrected chi connectivity index (χ1v) is 8.07. The van der Waals surface area contributed by atoms with Crippen LogP contribution in [0.4, 0.5) is 0 Å². The average Bonchev–Trinajstić information content (AvgIpc) is 2.35. The number of nitriles is 1. The topological polar surface area (TPSA) is 39.1 Å². The van der Waals surface area contributed by atoms with Crippen molar-refractivity contribution in [3.63, 3.8) is 0 Å². The maximum atomic E-state index is 9.40. The highest BCUT2D eigenvalue weighted by Crippen LogP contribution is 2.36. The van der Waals surface area contributed by atoms with Gasteiger partial charge in [-0.05, 0) is 65.3 Å². The van der Waals surface area contributed by atoms with Crippen molar-refractivity contribution in [1.29, 1.82) is 5.26 Å². The van der Waals surface area contributed by atoms with E-state index in [4.69, 9.17) is 0 Å². The van der Waals surface area contributed by atoms with Crippen LogP contribution in [0.5, 0.6) is 0 Å². The van der Waals surface area contributed by atoms with Gasteiger partial charge in [0.15, 0.2) is 0 Å². The number of hydrogen-bond acceptors (Lipinski definition) is 3. The van der Waals surface area contributed by atoms with Gasteiger partial charge >= 0.3 is 0 Å². The lowest BCUT2D eigenvalue weighted by molar-refractivity contribution is 0.121. The van der Waals surface area contributed by atoms with Gasteiger partial charge in [-0.1, -0.05) is 13.8 Å². The summed E-state index contributed by atoms with van der Waals surface area (Å²) in [6.07, 6.45) is 6.12. The Morgan fingerprint density at radius 3 is 2.35 bits per heavy atom. The molecule has 0 aromatic heterocycles. The molecule has 116 valence electrons. The monoisotopic (exact) mass is 279 g/mol. The highest BCUT2D eigenvalue weighted by atomic mass is 15.1. The Balaban J connectivity index is 2.43. The predicted octanol–water partition coefficient (Wildman–Crippen LogP) is 3.56. The first-order chi connectivity index (χ1) is 9.17. The molecular formula is C17H33N3. The molecule has 0 aliphatic heterocycles. The maximum absolute atomic E-state index is 9.40. The summed E-state index contributed by atoms with van der Waals surface area (Å²) in [6, 6.07) is 3.49. The molecule has 0 amide bonds. The zero-order chi connectivity index (χ0) is 15.4. The van der Waals surface area contributed by atoms with Crippen LogP contribution in [0.2, 0.25) is 0 Å². The van der Waals surface area contributed by atoms with E-state index in [1.54, 1.807) is 0 Å². The fourth-order valence-electron chi connectivity index (χ4n) is 3.20. The van der Waals surface area contributed by atoms with Crippen LogP contribution in [0.1, 0.15) is 66.7 Å². The van der Waals surface area contributed by atoms with E-state index in [-0.39, 0.29) is 0 Å². The van der Waals surface area contributed by atoms with Crippen molar-refractivity contribution in [3.8, 4) is 6.07 Å². The molecule has 0 saturated heterocycles. The molecule has 0 bridgehead atoms. The number of nitrogens with zero attached hydrogens (tertiary/aromatic N) is 2. The predicted molar refractivity (Wildman–Crippen MR) is 85.6 cm³/mol. The Morgan fingerprint density at radius 2 is 1.90 bits per heavy atom. The molecule has 1 fully saturated rings. The summed E-state index contributed by atoms with van der Waals surface area (Å²) in [4.78, 5) is 2.47. The second-order valence-corrected chi connectivity index (χ2v) is 7.87. The molecule has 0 aromatic rings. The van der Waals surface area contributed by atoms with Gasteiger partial charge in [0, 0.05) is 18.6 Å². The Kier molecular flexibility index (Phi) is 6.04. The highest BCUT2D eigenvalue weighted by molar-refractivity contribution is 5.04. The van der Waals surface area contributed by atoms with Gasteiger partial charge in [0.05, 0.1) is 6.07 Å². The zero-order valence-electron chi connectivity index (χ0n) is 14.3. The van der Waals surface area contributed by atoms with E-state index in [1.807, 2.05) is 6.92 Å². The Morgan fingerprint density at radius 1 is 1.35 bits per heavy atom. The highest BCUT2D eigenvalue weighted by Gasteiger charge is 2.30. The van der Waals surface area contributed by atoms with E-state index in [9.17, 15) is 5.26 Å². The van der Waals surface area contributed by atoms with Crippen molar-refractivity contribution in [3.05, 3.63) is 0 Å². The minimum absolute atomic E-state index is 0.348. The maximum Gasteiger partial charge on any atom is 0.105 e. The summed E-state index contributed by atoms with van der Waals surface area (Å²) in [5.41, 5.74) is 0.119. The van der Waals surface area contributed by atoms with E-state index in [0.717, 1.165) is 13.0 Å². The lowest BCUT2D eigenvalue weighted by Gasteiger charge is -2.39. The van der Waals surface area contributed by atoms with Gasteiger partial charge in [0.25, 0.3) is 0 Å². The van der Waals surface area contributed by atoms with Gasteiger partial charge in [-0.25, -0.2) is 0 Å². The molecule has 0 spiro atoms. The van der Waals surface area contributed by atoms with Gasteiger partial charge in [-0.2, -0.15) is 5.26 Å². The van der Waals surface area contributed by atoms with Crippen LogP contribution in [0.25, 0.3) is 0 Å². The molecule has 1 saturated carbocycles. The van der Waals surface area contributed by atoms with Crippen molar-refractivity contribution in [2.24, 2.45) is 5.41 Å². The van der Waals surface area contributed by atoms with Crippen LogP contribution in [0, 0.1) is 16.7 Å². The molecule has 1 aliphatic rings. The van der Waals surface area contributed by atoms with Crippen molar-refractivity contribution in [2.75, 3.05) is 13.6 Å². The van der Waals surface area contributed by atoms with Crippen LogP contribution >= 0.6 is 0 Å². The summed E-state index contributed by atoms with van der Waals surface area (Å²) in [6.45, 7) is 12.0. The third-order valence-corrected chi connectivity index (χ3v) is 4.75. The first kappa shape index (κ1) is 17.5. The van der Waals surface area contributed by atoms with Gasteiger partial charge in [-0.3, -0.25) is 5.32 Å². The summed E-state index contributed by atoms with van der Waals surface area (Å²) in [7, 11) is 2.22. The first-order valence-electron chi connectivity index (χ1n) is 8.07. The van der Waals surface area contributed by atoms with Gasteiger partial charge in [0.1, 0.15) is 5.54 Å². The fraction of sp³-hybridized carbons (Fsp3) is 0.941. The van der Waals surface area contributed by atoms with Crippen LogP contribution in [0.15, 0.2) is 0 Å². The number of rotatable bonds is 6. The lowest BCUT2D eigenvalue weighted by atomic mass is 9.75. The van der Waals surface area contributed by atoms with Gasteiger partial charge in [0.2, 0.25) is 0 Å². The Bertz CT molecular complexity index is 333. The molecule has 0 aromatic carbocycles. The molecule has 3 nitrogen and oxygen atoms in total. The molecule has 1 aliphatic carbocycles. The van der Waals surface area contributed by atoms with E-state index in [1.165, 1.54) is 25.7 Å². The van der Waals surface area contributed by atoms with Crippen LogP contribution < -0.4 is 5.32 Å². The quantitative estimate of drug-likeness (QED) is 0.808. The van der Waals surface area contributed by atoms with Gasteiger partial charge in [-0.15, -0.1) is 0 Å². The summed E-state index contributed by atoms with van der Waals surface area (Å²) >= 11 is 0. The van der Waals surface area contributed by atoms with Crippen LogP contribution in [-0.4, -0.2) is 36.1 Å². The second kappa shape index (κ2) is 6.91. The third-order valence-electron chi connectivity index (χ3n) is 4.75. The molecule has 0 heterocycles. The summed E-state index contributed by atoms with van der Waals surface area (Å²) in [5, 5.41) is 12.8. The minimum Gasteiger partial charge on any atom is -0.303 e. The summed E-state index contributed by atoms with van der Waals surface area (Å²) in [5.74, 6) is 0. The van der Waals surface area contributed by atoms with Crippen LogP contribution in [-0.2, 0) is 0 Å². The normalized spacial score (nSPS) is 22.8. The molecule has 1 N–H and O–H groups in total. The summed E-state index contributed by atoms with van der Waals surface area (Å²) < 4.78 is 0. The smallest absolute Gasteiger partial charge is 0.105 e. The molecule has 1 unspecified atom stereocenters. The molecule has 1 rings (SSSR count). The number of nitrogens with one attached hydrogen (secondary N) is 1. The zero-order valence-corrected chi connectivity index (χ0v) is 14.3. The van der Waals surface area contributed by atoms with E-state index in [0.29, 0.717) is 17.5 Å². The fourth-order valence-corrected chi connectivity index (χ4v) is 3.20. The van der Waals surface area contributed by atoms with E-state index >= 15 is 0 Å². The minimum atomic E-state index is -0.406. The Labute approximate surface area is 125 Å². The van der Waals surface area contributed by atoms with Crippen molar-refractivity contribution < 1.29 is 0 Å². The largest absolute Gasteiger partial charge is 0.303 e. The van der Waals surface area contributed by atoms with Crippen molar-refractivity contribution in [2.45, 2.75) is 84.3 Å². The molecular weight excluding hydrogens is 246 g/mol. The molecule has 1 atom stereocenters. The standard InChI is InChI=1S/C17H33N3/c1-14(2)19-17(5,13-18)11-12-20(6)15-7-9-16(3,4)10-8-15/h14-15,19H,7-12H2,1-6H3. The third kappa shape index (κ3) is 5.42. The van der Waals surface area contributed by atoms with Crippen molar-refractivity contribution in [1.82, 2.24) is 10.2 Å². The Hall–Kier alpha value is -0.590. The van der Waals surface area contributed by atoms with Gasteiger partial charge < -0.3 is 4.90 Å². The van der Waals surface area contributed by atoms with Crippen molar-refractivity contribution >= 4 is 0 Å². The lowest BCUT2D eigenvalue weighted by Crippen LogP contribution is -2.48. The molecule has 3 heteroatoms. The van der Waals surface area contributed by atoms with Crippen LogP contribution in [0.3, 0.4) is 0 Å². The second-order valence-electron chi connectivity index (χ2n) is 7.87. The molecule has 20 heavy (non-hydrogen) atoms. The number of hydrogen-bond donors (Lipinski definition) is 1. The SMILES string of the molecule is CC(C)NC(C)(C#N)CCN(C)C1CCC(C)(C)CC1.